The second-order valence-corrected chi connectivity index (χ2v) is 3.76. The third-order valence-electron chi connectivity index (χ3n) is 2.67. The summed E-state index contributed by atoms with van der Waals surface area (Å²) < 4.78 is 13.2. The lowest BCUT2D eigenvalue weighted by Gasteiger charge is -2.16. The number of aryl methyl sites for hydroxylation is 1. The van der Waals surface area contributed by atoms with Crippen molar-refractivity contribution in [2.45, 2.75) is 20.1 Å². The smallest absolute Gasteiger partial charge is 0.217 e. The first-order valence-corrected chi connectivity index (χ1v) is 5.92. The minimum atomic E-state index is -0.387. The zero-order valence-corrected chi connectivity index (χ0v) is 10.5. The number of rotatable bonds is 5. The summed E-state index contributed by atoms with van der Waals surface area (Å²) in [6.07, 6.45) is -0.387. The monoisotopic (exact) mass is 234 g/mol. The molecule has 4 nitrogen and oxygen atoms in total. The molecule has 0 spiro atoms. The fraction of sp³-hybridized carbons (Fsp3) is 0.462. The zero-order valence-electron chi connectivity index (χ0n) is 10.5. The molecule has 17 heavy (non-hydrogen) atoms. The molecule has 1 aromatic carbocycles. The van der Waals surface area contributed by atoms with E-state index >= 15 is 0 Å². The van der Waals surface area contributed by atoms with Crippen molar-refractivity contribution in [3.05, 3.63) is 30.1 Å². The first-order chi connectivity index (χ1) is 8.27. The first-order valence-electron chi connectivity index (χ1n) is 5.92. The van der Waals surface area contributed by atoms with Gasteiger partial charge in [-0.2, -0.15) is 0 Å². The number of hydrogen-bond acceptors (Lipinski definition) is 3. The summed E-state index contributed by atoms with van der Waals surface area (Å²) in [7, 11) is 1.98. The molecular weight excluding hydrogens is 216 g/mol. The van der Waals surface area contributed by atoms with Gasteiger partial charge in [-0.1, -0.05) is 12.1 Å². The fourth-order valence-corrected chi connectivity index (χ4v) is 1.87. The highest BCUT2D eigenvalue weighted by Gasteiger charge is 2.18. The van der Waals surface area contributed by atoms with Gasteiger partial charge in [0.25, 0.3) is 0 Å². The van der Waals surface area contributed by atoms with E-state index in [1.54, 1.807) is 0 Å². The van der Waals surface area contributed by atoms with Gasteiger partial charge in [0.2, 0.25) is 6.29 Å². The van der Waals surface area contributed by atoms with E-state index in [4.69, 9.17) is 9.47 Å². The summed E-state index contributed by atoms with van der Waals surface area (Å²) in [6, 6.07) is 8.02. The maximum Gasteiger partial charge on any atom is 0.217 e. The van der Waals surface area contributed by atoms with Gasteiger partial charge in [0.1, 0.15) is 0 Å². The molecule has 92 valence electrons. The van der Waals surface area contributed by atoms with E-state index in [1.807, 2.05) is 49.7 Å². The number of benzene rings is 1. The van der Waals surface area contributed by atoms with Crippen LogP contribution in [0.25, 0.3) is 11.0 Å². The van der Waals surface area contributed by atoms with Gasteiger partial charge in [-0.05, 0) is 26.0 Å². The highest BCUT2D eigenvalue weighted by atomic mass is 16.7. The number of imidazole rings is 1. The quantitative estimate of drug-likeness (QED) is 0.746. The summed E-state index contributed by atoms with van der Waals surface area (Å²) in [5.74, 6) is 0.815. The lowest BCUT2D eigenvalue weighted by Crippen LogP contribution is -2.13. The van der Waals surface area contributed by atoms with Crippen LogP contribution in [0.3, 0.4) is 0 Å². The SMILES string of the molecule is CCOC(OCC)c1nc2ccccc2n1C. The van der Waals surface area contributed by atoms with E-state index < -0.39 is 0 Å². The molecule has 0 bridgehead atoms. The van der Waals surface area contributed by atoms with Crippen LogP contribution < -0.4 is 0 Å². The number of nitrogens with zero attached hydrogens (tertiary/aromatic N) is 2. The van der Waals surface area contributed by atoms with Gasteiger partial charge in [-0.25, -0.2) is 4.98 Å². The van der Waals surface area contributed by atoms with Crippen LogP contribution in [0.1, 0.15) is 26.0 Å². The van der Waals surface area contributed by atoms with Gasteiger partial charge in [-0.15, -0.1) is 0 Å². The molecule has 0 aliphatic heterocycles. The highest BCUT2D eigenvalue weighted by Crippen LogP contribution is 2.22. The third kappa shape index (κ3) is 2.33. The minimum absolute atomic E-state index is 0.387. The summed E-state index contributed by atoms with van der Waals surface area (Å²) >= 11 is 0. The molecule has 0 unspecified atom stereocenters. The predicted octanol–water partition coefficient (Wildman–Crippen LogP) is 2.64. The molecule has 0 amide bonds. The third-order valence-corrected chi connectivity index (χ3v) is 2.67. The van der Waals surface area contributed by atoms with Crippen molar-refractivity contribution in [1.29, 1.82) is 0 Å². The summed E-state index contributed by atoms with van der Waals surface area (Å²) in [5.41, 5.74) is 2.06. The molecule has 0 fully saturated rings. The van der Waals surface area contributed by atoms with E-state index in [0.29, 0.717) is 13.2 Å². The van der Waals surface area contributed by atoms with E-state index in [-0.39, 0.29) is 6.29 Å². The molecule has 2 rings (SSSR count). The predicted molar refractivity (Wildman–Crippen MR) is 66.7 cm³/mol. The second kappa shape index (κ2) is 5.29. The molecule has 0 N–H and O–H groups in total. The maximum atomic E-state index is 5.57. The number of para-hydroxylation sites is 2. The van der Waals surface area contributed by atoms with Crippen LogP contribution in [-0.4, -0.2) is 22.8 Å². The average molecular weight is 234 g/mol. The van der Waals surface area contributed by atoms with Crippen LogP contribution in [0.4, 0.5) is 0 Å². The molecular formula is C13H18N2O2. The molecule has 1 aromatic heterocycles. The average Bonchev–Trinajstić information content (AvgIpc) is 2.67. The van der Waals surface area contributed by atoms with Crippen LogP contribution in [0.5, 0.6) is 0 Å². The van der Waals surface area contributed by atoms with Crippen LogP contribution in [0, 0.1) is 0 Å². The fourth-order valence-electron chi connectivity index (χ4n) is 1.87. The maximum absolute atomic E-state index is 5.57. The molecule has 0 aliphatic carbocycles. The molecule has 1 heterocycles. The summed E-state index contributed by atoms with van der Waals surface area (Å²) in [5, 5.41) is 0. The van der Waals surface area contributed by atoms with Crippen LogP contribution in [0.2, 0.25) is 0 Å². The van der Waals surface area contributed by atoms with Crippen LogP contribution >= 0.6 is 0 Å². The van der Waals surface area contributed by atoms with Crippen molar-refractivity contribution >= 4 is 11.0 Å². The Morgan fingerprint density at radius 2 is 1.82 bits per heavy atom. The molecule has 0 saturated heterocycles. The van der Waals surface area contributed by atoms with Crippen molar-refractivity contribution in [1.82, 2.24) is 9.55 Å². The lowest BCUT2D eigenvalue weighted by atomic mass is 10.3. The van der Waals surface area contributed by atoms with Crippen molar-refractivity contribution in [3.63, 3.8) is 0 Å². The van der Waals surface area contributed by atoms with E-state index in [0.717, 1.165) is 16.9 Å². The summed E-state index contributed by atoms with van der Waals surface area (Å²) in [4.78, 5) is 4.56. The normalized spacial score (nSPS) is 11.5. The standard InChI is InChI=1S/C13H18N2O2/c1-4-16-13(17-5-2)12-14-10-8-6-7-9-11(10)15(12)3/h6-9,13H,4-5H2,1-3H3. The van der Waals surface area contributed by atoms with Gasteiger partial charge in [0.05, 0.1) is 11.0 Å². The van der Waals surface area contributed by atoms with Crippen molar-refractivity contribution in [3.8, 4) is 0 Å². The Balaban J connectivity index is 2.42. The van der Waals surface area contributed by atoms with Gasteiger partial charge in [0, 0.05) is 20.3 Å². The van der Waals surface area contributed by atoms with Crippen LogP contribution in [-0.2, 0) is 16.5 Å². The summed E-state index contributed by atoms with van der Waals surface area (Å²) in [6.45, 7) is 5.12. The Morgan fingerprint density at radius 3 is 2.41 bits per heavy atom. The Morgan fingerprint density at radius 1 is 1.18 bits per heavy atom. The molecule has 4 heteroatoms. The number of aromatic nitrogens is 2. The Hall–Kier alpha value is -1.39. The van der Waals surface area contributed by atoms with Gasteiger partial charge < -0.3 is 14.0 Å². The van der Waals surface area contributed by atoms with Crippen molar-refractivity contribution in [2.75, 3.05) is 13.2 Å². The zero-order chi connectivity index (χ0) is 12.3. The molecule has 2 aromatic rings. The topological polar surface area (TPSA) is 36.3 Å². The second-order valence-electron chi connectivity index (χ2n) is 3.76. The molecule has 0 atom stereocenters. The van der Waals surface area contributed by atoms with Gasteiger partial charge in [-0.3, -0.25) is 0 Å². The van der Waals surface area contributed by atoms with Gasteiger partial charge in [0.15, 0.2) is 5.82 Å². The Kier molecular flexibility index (Phi) is 3.76. The van der Waals surface area contributed by atoms with E-state index in [1.165, 1.54) is 0 Å². The minimum Gasteiger partial charge on any atom is -0.346 e. The molecule has 0 radical (unpaired) electrons. The molecule has 0 saturated carbocycles. The largest absolute Gasteiger partial charge is 0.346 e. The lowest BCUT2D eigenvalue weighted by molar-refractivity contribution is -0.146. The first kappa shape index (κ1) is 12.1. The molecule has 0 aliphatic rings. The number of fused-ring (bicyclic) bond motifs is 1. The van der Waals surface area contributed by atoms with Gasteiger partial charge >= 0.3 is 0 Å². The Labute approximate surface area is 101 Å². The number of ether oxygens (including phenoxy) is 2. The number of hydrogen-bond donors (Lipinski definition) is 0. The highest BCUT2D eigenvalue weighted by molar-refractivity contribution is 5.75. The Bertz CT molecular complexity index is 487. The van der Waals surface area contributed by atoms with Crippen molar-refractivity contribution < 1.29 is 9.47 Å². The van der Waals surface area contributed by atoms with E-state index in [9.17, 15) is 0 Å². The van der Waals surface area contributed by atoms with Crippen LogP contribution in [0.15, 0.2) is 24.3 Å². The van der Waals surface area contributed by atoms with Crippen molar-refractivity contribution in [2.24, 2.45) is 7.05 Å². The van der Waals surface area contributed by atoms with E-state index in [2.05, 4.69) is 4.98 Å².